The van der Waals surface area contributed by atoms with Crippen LogP contribution in [0.5, 0.6) is 0 Å². The summed E-state index contributed by atoms with van der Waals surface area (Å²) < 4.78 is 1.06. The molecule has 0 unspecified atom stereocenters. The minimum absolute atomic E-state index is 0.316. The number of hydrogen-bond acceptors (Lipinski definition) is 3. The summed E-state index contributed by atoms with van der Waals surface area (Å²) in [5.74, 6) is 0.351. The van der Waals surface area contributed by atoms with E-state index in [2.05, 4.69) is 39.4 Å². The molecule has 0 amide bonds. The maximum atomic E-state index is 13.1. The molecule has 0 aliphatic carbocycles. The zero-order valence-electron chi connectivity index (χ0n) is 11.8. The maximum Gasteiger partial charge on any atom is 0.148 e. The molecule has 0 saturated carbocycles. The number of rotatable bonds is 4. The second-order valence-corrected chi connectivity index (χ2v) is 7.44. The molecule has 1 aromatic carbocycles. The van der Waals surface area contributed by atoms with E-state index in [0.717, 1.165) is 35.3 Å². The van der Waals surface area contributed by atoms with Crippen LogP contribution in [0.4, 0.5) is 0 Å². The molecule has 1 aliphatic rings. The number of piperidine rings is 1. The highest BCUT2D eigenvalue weighted by Crippen LogP contribution is 2.36. The number of Topliss-reactive ketones (excluding diaryl/α,β-unsaturated/α-hetero) is 1. The van der Waals surface area contributed by atoms with Crippen molar-refractivity contribution in [3.8, 4) is 0 Å². The first-order valence-electron chi connectivity index (χ1n) is 7.23. The number of hydrogen-bond donors (Lipinski definition) is 1. The van der Waals surface area contributed by atoms with Gasteiger partial charge in [0.05, 0.1) is 5.41 Å². The lowest BCUT2D eigenvalue weighted by molar-refractivity contribution is -0.124. The molecule has 21 heavy (non-hydrogen) atoms. The van der Waals surface area contributed by atoms with Gasteiger partial charge in [-0.15, -0.1) is 11.3 Å². The van der Waals surface area contributed by atoms with Crippen molar-refractivity contribution in [2.45, 2.75) is 24.7 Å². The van der Waals surface area contributed by atoms with Gasteiger partial charge in [-0.1, -0.05) is 30.3 Å². The van der Waals surface area contributed by atoms with Crippen molar-refractivity contribution in [2.24, 2.45) is 0 Å². The Morgan fingerprint density at radius 2 is 1.95 bits per heavy atom. The molecule has 1 fully saturated rings. The molecule has 0 bridgehead atoms. The van der Waals surface area contributed by atoms with E-state index in [1.165, 1.54) is 5.56 Å². The molecule has 1 aliphatic heterocycles. The highest BCUT2D eigenvalue weighted by molar-refractivity contribution is 9.10. The number of benzene rings is 1. The fraction of sp³-hybridized carbons (Fsp3) is 0.353. The highest BCUT2D eigenvalue weighted by Gasteiger charge is 2.40. The van der Waals surface area contributed by atoms with Gasteiger partial charge in [-0.2, -0.15) is 0 Å². The third-order valence-corrected chi connectivity index (χ3v) is 5.97. The van der Waals surface area contributed by atoms with E-state index in [1.807, 2.05) is 23.6 Å². The highest BCUT2D eigenvalue weighted by atomic mass is 79.9. The van der Waals surface area contributed by atoms with Crippen molar-refractivity contribution in [1.29, 1.82) is 0 Å². The van der Waals surface area contributed by atoms with Crippen LogP contribution in [0.15, 0.2) is 46.3 Å². The number of nitrogens with one attached hydrogen (secondary N) is 1. The van der Waals surface area contributed by atoms with Gasteiger partial charge in [-0.05, 0) is 53.5 Å². The standard InChI is InChI=1S/C17H18BrNOS/c18-14-10-15(21-12-14)11-16(20)17(6-8-19-9-7-17)13-4-2-1-3-5-13/h1-5,10,12,19H,6-9,11H2. The topological polar surface area (TPSA) is 29.1 Å². The summed E-state index contributed by atoms with van der Waals surface area (Å²) in [5.41, 5.74) is 0.857. The molecule has 0 spiro atoms. The molecule has 3 rings (SSSR count). The molecule has 110 valence electrons. The number of carbonyl (C=O) groups excluding carboxylic acids is 1. The van der Waals surface area contributed by atoms with Crippen LogP contribution >= 0.6 is 27.3 Å². The Bertz CT molecular complexity index is 617. The van der Waals surface area contributed by atoms with Crippen LogP contribution < -0.4 is 5.32 Å². The zero-order chi connectivity index (χ0) is 14.7. The maximum absolute atomic E-state index is 13.1. The molecule has 2 aromatic rings. The second-order valence-electron chi connectivity index (χ2n) is 5.53. The van der Waals surface area contributed by atoms with Gasteiger partial charge in [0.25, 0.3) is 0 Å². The monoisotopic (exact) mass is 363 g/mol. The second kappa shape index (κ2) is 6.42. The van der Waals surface area contributed by atoms with Crippen molar-refractivity contribution in [3.05, 3.63) is 56.7 Å². The fourth-order valence-corrected chi connectivity index (χ4v) is 4.56. The van der Waals surface area contributed by atoms with Crippen molar-refractivity contribution < 1.29 is 4.79 Å². The van der Waals surface area contributed by atoms with Gasteiger partial charge in [-0.25, -0.2) is 0 Å². The average molecular weight is 364 g/mol. The Hall–Kier alpha value is -0.970. The molecule has 4 heteroatoms. The Balaban J connectivity index is 1.90. The van der Waals surface area contributed by atoms with Crippen LogP contribution in [0.1, 0.15) is 23.3 Å². The first kappa shape index (κ1) is 14.9. The molecular weight excluding hydrogens is 346 g/mol. The summed E-state index contributed by atoms with van der Waals surface area (Å²) in [6.07, 6.45) is 2.32. The van der Waals surface area contributed by atoms with Crippen molar-refractivity contribution in [2.75, 3.05) is 13.1 Å². The van der Waals surface area contributed by atoms with E-state index in [9.17, 15) is 4.79 Å². The van der Waals surface area contributed by atoms with Gasteiger partial charge in [0.1, 0.15) is 5.78 Å². The van der Waals surface area contributed by atoms with Gasteiger partial charge < -0.3 is 5.32 Å². The SMILES string of the molecule is O=C(Cc1cc(Br)cs1)C1(c2ccccc2)CCNCC1. The Morgan fingerprint density at radius 1 is 1.24 bits per heavy atom. The van der Waals surface area contributed by atoms with Crippen LogP contribution in [-0.4, -0.2) is 18.9 Å². The van der Waals surface area contributed by atoms with E-state index in [0.29, 0.717) is 12.2 Å². The van der Waals surface area contributed by atoms with Gasteiger partial charge in [0.15, 0.2) is 0 Å². The largest absolute Gasteiger partial charge is 0.317 e. The van der Waals surface area contributed by atoms with Gasteiger partial charge in [0.2, 0.25) is 0 Å². The lowest BCUT2D eigenvalue weighted by Gasteiger charge is -2.36. The number of halogens is 1. The minimum Gasteiger partial charge on any atom is -0.317 e. The first-order chi connectivity index (χ1) is 10.2. The lowest BCUT2D eigenvalue weighted by Crippen LogP contribution is -2.46. The van der Waals surface area contributed by atoms with Gasteiger partial charge in [0, 0.05) is 21.2 Å². The summed E-state index contributed by atoms with van der Waals surface area (Å²) in [7, 11) is 0. The Morgan fingerprint density at radius 3 is 2.57 bits per heavy atom. The smallest absolute Gasteiger partial charge is 0.148 e. The number of ketones is 1. The van der Waals surface area contributed by atoms with Crippen LogP contribution in [-0.2, 0) is 16.6 Å². The predicted molar refractivity (Wildman–Crippen MR) is 91.0 cm³/mol. The molecule has 0 radical (unpaired) electrons. The molecule has 1 saturated heterocycles. The summed E-state index contributed by atoms with van der Waals surface area (Å²) in [5, 5.41) is 5.42. The van der Waals surface area contributed by atoms with Gasteiger partial charge in [-0.3, -0.25) is 4.79 Å². The number of carbonyl (C=O) groups is 1. The van der Waals surface area contributed by atoms with E-state index in [-0.39, 0.29) is 5.41 Å². The van der Waals surface area contributed by atoms with Crippen LogP contribution in [0.3, 0.4) is 0 Å². The Kier molecular flexibility index (Phi) is 4.57. The predicted octanol–water partition coefficient (Wildman–Crippen LogP) is 3.94. The molecule has 2 nitrogen and oxygen atoms in total. The minimum atomic E-state index is -0.316. The normalized spacial score (nSPS) is 17.6. The van der Waals surface area contributed by atoms with E-state index in [1.54, 1.807) is 11.3 Å². The van der Waals surface area contributed by atoms with Gasteiger partial charge >= 0.3 is 0 Å². The third kappa shape index (κ3) is 3.12. The third-order valence-electron chi connectivity index (χ3n) is 4.27. The summed E-state index contributed by atoms with van der Waals surface area (Å²) in [6.45, 7) is 1.82. The van der Waals surface area contributed by atoms with Crippen LogP contribution in [0.25, 0.3) is 0 Å². The van der Waals surface area contributed by atoms with Crippen molar-refractivity contribution in [3.63, 3.8) is 0 Å². The van der Waals surface area contributed by atoms with Crippen molar-refractivity contribution in [1.82, 2.24) is 5.32 Å². The average Bonchev–Trinajstić information content (AvgIpc) is 2.94. The Labute approximate surface area is 137 Å². The number of thiophene rings is 1. The first-order valence-corrected chi connectivity index (χ1v) is 8.90. The van der Waals surface area contributed by atoms with Crippen LogP contribution in [0.2, 0.25) is 0 Å². The lowest BCUT2D eigenvalue weighted by atomic mass is 9.69. The molecule has 0 atom stereocenters. The summed E-state index contributed by atoms with van der Waals surface area (Å²) in [6, 6.07) is 12.4. The summed E-state index contributed by atoms with van der Waals surface area (Å²) >= 11 is 5.12. The molecule has 1 aromatic heterocycles. The quantitative estimate of drug-likeness (QED) is 0.890. The molecule has 1 N–H and O–H groups in total. The van der Waals surface area contributed by atoms with Crippen molar-refractivity contribution >= 4 is 33.0 Å². The molecular formula is C17H18BrNOS. The zero-order valence-corrected chi connectivity index (χ0v) is 14.2. The van der Waals surface area contributed by atoms with Crippen LogP contribution in [0, 0.1) is 0 Å². The van der Waals surface area contributed by atoms with E-state index < -0.39 is 0 Å². The van der Waals surface area contributed by atoms with E-state index >= 15 is 0 Å². The fourth-order valence-electron chi connectivity index (χ4n) is 3.11. The molecule has 2 heterocycles. The summed E-state index contributed by atoms with van der Waals surface area (Å²) in [4.78, 5) is 14.2. The van der Waals surface area contributed by atoms with E-state index in [4.69, 9.17) is 0 Å².